The number of rotatable bonds is 5. The van der Waals surface area contributed by atoms with E-state index >= 15 is 0 Å². The van der Waals surface area contributed by atoms with Crippen LogP contribution in [0.25, 0.3) is 0 Å². The third-order valence-electron chi connectivity index (χ3n) is 3.42. The molecular weight excluding hydrogens is 158 g/mol. The van der Waals surface area contributed by atoms with Gasteiger partial charge in [-0.05, 0) is 37.1 Å². The van der Waals surface area contributed by atoms with E-state index in [1.165, 1.54) is 38.5 Å². The smallest absolute Gasteiger partial charge is 0.00514 e. The molecule has 1 nitrogen and oxygen atoms in total. The molecule has 0 aromatic heterocycles. The average molecular weight is 183 g/mol. The molecule has 0 spiro atoms. The summed E-state index contributed by atoms with van der Waals surface area (Å²) < 4.78 is 0. The van der Waals surface area contributed by atoms with Crippen molar-refractivity contribution < 1.29 is 0 Å². The van der Waals surface area contributed by atoms with Crippen molar-refractivity contribution in [2.45, 2.75) is 52.4 Å². The highest BCUT2D eigenvalue weighted by atomic mass is 14.5. The van der Waals surface area contributed by atoms with E-state index in [9.17, 15) is 0 Å². The van der Waals surface area contributed by atoms with Crippen LogP contribution in [0.4, 0.5) is 0 Å². The lowest BCUT2D eigenvalue weighted by atomic mass is 9.88. The van der Waals surface area contributed by atoms with E-state index in [2.05, 4.69) is 13.8 Å². The molecule has 13 heavy (non-hydrogen) atoms. The quantitative estimate of drug-likeness (QED) is 0.696. The Kier molecular flexibility index (Phi) is 4.79. The molecule has 2 unspecified atom stereocenters. The minimum atomic E-state index is 0.719. The van der Waals surface area contributed by atoms with Gasteiger partial charge >= 0.3 is 0 Å². The van der Waals surface area contributed by atoms with Crippen molar-refractivity contribution in [2.75, 3.05) is 6.54 Å². The zero-order valence-electron chi connectivity index (χ0n) is 9.26. The Bertz CT molecular complexity index is 127. The minimum Gasteiger partial charge on any atom is -0.330 e. The highest BCUT2D eigenvalue weighted by Gasteiger charge is 2.18. The zero-order chi connectivity index (χ0) is 9.68. The van der Waals surface area contributed by atoms with Gasteiger partial charge in [0.05, 0.1) is 0 Å². The monoisotopic (exact) mass is 183 g/mol. The summed E-state index contributed by atoms with van der Waals surface area (Å²) in [7, 11) is 0. The number of hydrogen-bond acceptors (Lipinski definition) is 1. The van der Waals surface area contributed by atoms with Gasteiger partial charge in [-0.2, -0.15) is 0 Å². The van der Waals surface area contributed by atoms with E-state index in [1.807, 2.05) is 0 Å². The zero-order valence-corrected chi connectivity index (χ0v) is 9.26. The molecule has 1 fully saturated rings. The van der Waals surface area contributed by atoms with Crippen LogP contribution in [-0.4, -0.2) is 6.54 Å². The van der Waals surface area contributed by atoms with Crippen LogP contribution in [0.1, 0.15) is 52.4 Å². The predicted octanol–water partition coefficient (Wildman–Crippen LogP) is 3.19. The second kappa shape index (κ2) is 5.64. The van der Waals surface area contributed by atoms with E-state index < -0.39 is 0 Å². The summed E-state index contributed by atoms with van der Waals surface area (Å²) >= 11 is 0. The van der Waals surface area contributed by atoms with Crippen LogP contribution in [0.2, 0.25) is 0 Å². The standard InChI is InChI=1S/C12H25N/c1-10(7-11(2)9-13)8-12-5-3-4-6-12/h10-12H,3-9,13H2,1-2H3. The first-order chi connectivity index (χ1) is 6.22. The maximum atomic E-state index is 5.63. The van der Waals surface area contributed by atoms with Crippen molar-refractivity contribution in [1.29, 1.82) is 0 Å². The van der Waals surface area contributed by atoms with Gasteiger partial charge in [0.1, 0.15) is 0 Å². The van der Waals surface area contributed by atoms with E-state index in [4.69, 9.17) is 5.73 Å². The molecule has 1 saturated carbocycles. The molecule has 1 heteroatoms. The lowest BCUT2D eigenvalue weighted by Crippen LogP contribution is -2.15. The Morgan fingerprint density at radius 3 is 2.31 bits per heavy atom. The molecule has 0 aromatic rings. The van der Waals surface area contributed by atoms with Crippen molar-refractivity contribution in [1.82, 2.24) is 0 Å². The molecule has 78 valence electrons. The minimum absolute atomic E-state index is 0.719. The summed E-state index contributed by atoms with van der Waals surface area (Å²) in [6.07, 6.45) is 8.70. The molecular formula is C12H25N. The Morgan fingerprint density at radius 2 is 1.77 bits per heavy atom. The van der Waals surface area contributed by atoms with Crippen LogP contribution in [0.3, 0.4) is 0 Å². The fourth-order valence-electron chi connectivity index (χ4n) is 2.69. The maximum absolute atomic E-state index is 5.63. The van der Waals surface area contributed by atoms with Gasteiger partial charge in [0.15, 0.2) is 0 Å². The van der Waals surface area contributed by atoms with Crippen molar-refractivity contribution in [3.05, 3.63) is 0 Å². The van der Waals surface area contributed by atoms with Crippen molar-refractivity contribution >= 4 is 0 Å². The van der Waals surface area contributed by atoms with Crippen LogP contribution in [-0.2, 0) is 0 Å². The molecule has 2 atom stereocenters. The molecule has 2 N–H and O–H groups in total. The predicted molar refractivity (Wildman–Crippen MR) is 58.6 cm³/mol. The first-order valence-electron chi connectivity index (χ1n) is 5.92. The summed E-state index contributed by atoms with van der Waals surface area (Å²) in [6.45, 7) is 5.52. The number of hydrogen-bond donors (Lipinski definition) is 1. The van der Waals surface area contributed by atoms with Crippen LogP contribution in [0.5, 0.6) is 0 Å². The SMILES string of the molecule is CC(CN)CC(C)CC1CCCC1. The molecule has 1 aliphatic carbocycles. The fraction of sp³-hybridized carbons (Fsp3) is 1.00. The largest absolute Gasteiger partial charge is 0.330 e. The topological polar surface area (TPSA) is 26.0 Å². The van der Waals surface area contributed by atoms with Gasteiger partial charge < -0.3 is 5.73 Å². The van der Waals surface area contributed by atoms with Crippen LogP contribution in [0.15, 0.2) is 0 Å². The second-order valence-corrected chi connectivity index (χ2v) is 5.07. The summed E-state index contributed by atoms with van der Waals surface area (Å²) in [6, 6.07) is 0. The summed E-state index contributed by atoms with van der Waals surface area (Å²) in [5.74, 6) is 2.65. The highest BCUT2D eigenvalue weighted by molar-refractivity contribution is 4.71. The van der Waals surface area contributed by atoms with Gasteiger partial charge in [-0.1, -0.05) is 39.5 Å². The van der Waals surface area contributed by atoms with Gasteiger partial charge in [0, 0.05) is 0 Å². The maximum Gasteiger partial charge on any atom is -0.00514 e. The lowest BCUT2D eigenvalue weighted by molar-refractivity contribution is 0.337. The normalized spacial score (nSPS) is 23.3. The number of nitrogens with two attached hydrogens (primary N) is 1. The van der Waals surface area contributed by atoms with Gasteiger partial charge in [-0.3, -0.25) is 0 Å². The first kappa shape index (κ1) is 11.0. The molecule has 0 amide bonds. The molecule has 0 heterocycles. The molecule has 1 rings (SSSR count). The summed E-state index contributed by atoms with van der Waals surface area (Å²) in [5.41, 5.74) is 5.63. The summed E-state index contributed by atoms with van der Waals surface area (Å²) in [4.78, 5) is 0. The molecule has 0 saturated heterocycles. The van der Waals surface area contributed by atoms with Crippen LogP contribution < -0.4 is 5.73 Å². The lowest BCUT2D eigenvalue weighted by Gasteiger charge is -2.19. The third kappa shape index (κ3) is 4.12. The van der Waals surface area contributed by atoms with E-state index in [1.54, 1.807) is 0 Å². The second-order valence-electron chi connectivity index (χ2n) is 5.07. The summed E-state index contributed by atoms with van der Waals surface area (Å²) in [5, 5.41) is 0. The molecule has 0 aliphatic heterocycles. The molecule has 0 bridgehead atoms. The Hall–Kier alpha value is -0.0400. The van der Waals surface area contributed by atoms with Crippen molar-refractivity contribution in [2.24, 2.45) is 23.5 Å². The molecule has 0 aromatic carbocycles. The van der Waals surface area contributed by atoms with Gasteiger partial charge in [-0.15, -0.1) is 0 Å². The first-order valence-corrected chi connectivity index (χ1v) is 5.92. The Balaban J connectivity index is 2.12. The Labute approximate surface area is 83.1 Å². The van der Waals surface area contributed by atoms with E-state index in [-0.39, 0.29) is 0 Å². The van der Waals surface area contributed by atoms with E-state index in [0.29, 0.717) is 0 Å². The van der Waals surface area contributed by atoms with Crippen molar-refractivity contribution in [3.63, 3.8) is 0 Å². The Morgan fingerprint density at radius 1 is 1.15 bits per heavy atom. The third-order valence-corrected chi connectivity index (χ3v) is 3.42. The van der Waals surface area contributed by atoms with Gasteiger partial charge in [-0.25, -0.2) is 0 Å². The van der Waals surface area contributed by atoms with Gasteiger partial charge in [0.2, 0.25) is 0 Å². The average Bonchev–Trinajstić information content (AvgIpc) is 2.56. The molecule has 1 aliphatic rings. The molecule has 0 radical (unpaired) electrons. The highest BCUT2D eigenvalue weighted by Crippen LogP contribution is 2.31. The van der Waals surface area contributed by atoms with Crippen LogP contribution in [0, 0.1) is 17.8 Å². The van der Waals surface area contributed by atoms with Crippen molar-refractivity contribution in [3.8, 4) is 0 Å². The fourth-order valence-corrected chi connectivity index (χ4v) is 2.69. The van der Waals surface area contributed by atoms with Gasteiger partial charge in [0.25, 0.3) is 0 Å². The van der Waals surface area contributed by atoms with Crippen LogP contribution >= 0.6 is 0 Å². The van der Waals surface area contributed by atoms with E-state index in [0.717, 1.165) is 24.3 Å².